The first kappa shape index (κ1) is 12.4. The molecule has 0 radical (unpaired) electrons. The van der Waals surface area contributed by atoms with Crippen molar-refractivity contribution in [3.63, 3.8) is 0 Å². The Labute approximate surface area is 79.9 Å². The first-order valence-electron chi connectivity index (χ1n) is 4.28. The van der Waals surface area contributed by atoms with Crippen LogP contribution in [0.1, 0.15) is 26.2 Å². The van der Waals surface area contributed by atoms with Crippen molar-refractivity contribution in [3.05, 3.63) is 24.8 Å². The fourth-order valence-corrected chi connectivity index (χ4v) is 1.40. The molecule has 1 N–H and O–H groups in total. The summed E-state index contributed by atoms with van der Waals surface area (Å²) in [4.78, 5) is 0. The second-order valence-electron chi connectivity index (χ2n) is 2.79. The van der Waals surface area contributed by atoms with E-state index < -0.39 is 15.4 Å². The average Bonchev–Trinajstić information content (AvgIpc) is 2.02. The van der Waals surface area contributed by atoms with Gasteiger partial charge in [-0.2, -0.15) is 8.42 Å². The van der Waals surface area contributed by atoms with E-state index in [-0.39, 0.29) is 0 Å². The lowest BCUT2D eigenvalue weighted by molar-refractivity contribution is 0.481. The Bertz CT molecular complexity index is 265. The molecule has 0 aliphatic rings. The summed E-state index contributed by atoms with van der Waals surface area (Å²) in [7, 11) is -4.01. The fourth-order valence-electron chi connectivity index (χ4n) is 0.852. The van der Waals surface area contributed by atoms with Gasteiger partial charge in [-0.25, -0.2) is 0 Å². The summed E-state index contributed by atoms with van der Waals surface area (Å²) >= 11 is 0. The van der Waals surface area contributed by atoms with Crippen molar-refractivity contribution >= 4 is 10.1 Å². The lowest BCUT2D eigenvalue weighted by Gasteiger charge is -2.01. The number of unbranched alkanes of at least 4 members (excludes halogenated alkanes) is 2. The van der Waals surface area contributed by atoms with Crippen LogP contribution in [0.5, 0.6) is 0 Å². The minimum Gasteiger partial charge on any atom is -0.285 e. The maximum atomic E-state index is 10.7. The zero-order valence-electron chi connectivity index (χ0n) is 7.81. The predicted octanol–water partition coefficient (Wildman–Crippen LogP) is 2.18. The molecule has 0 amide bonds. The third kappa shape index (κ3) is 5.60. The van der Waals surface area contributed by atoms with E-state index in [1.165, 1.54) is 12.2 Å². The molecule has 0 spiro atoms. The maximum Gasteiger partial charge on any atom is 0.275 e. The maximum absolute atomic E-state index is 10.7. The fraction of sp³-hybridized carbons (Fsp3) is 0.556. The van der Waals surface area contributed by atoms with Crippen LogP contribution in [0.2, 0.25) is 0 Å². The third-order valence-electron chi connectivity index (χ3n) is 1.63. The van der Waals surface area contributed by atoms with Crippen LogP contribution < -0.4 is 0 Å². The van der Waals surface area contributed by atoms with Gasteiger partial charge in [-0.1, -0.05) is 38.0 Å². The van der Waals surface area contributed by atoms with Crippen molar-refractivity contribution in [3.8, 4) is 0 Å². The van der Waals surface area contributed by atoms with Crippen LogP contribution in [0.3, 0.4) is 0 Å². The molecule has 3 nitrogen and oxygen atoms in total. The quantitative estimate of drug-likeness (QED) is 0.410. The van der Waals surface area contributed by atoms with Crippen molar-refractivity contribution in [2.75, 3.05) is 0 Å². The van der Waals surface area contributed by atoms with E-state index in [0.29, 0.717) is 0 Å². The summed E-state index contributed by atoms with van der Waals surface area (Å²) in [6.07, 6.45) is 7.33. The molecule has 0 aromatic heterocycles. The highest BCUT2D eigenvalue weighted by atomic mass is 32.2. The van der Waals surface area contributed by atoms with Crippen molar-refractivity contribution in [1.82, 2.24) is 0 Å². The molecule has 0 heterocycles. The highest BCUT2D eigenvalue weighted by Gasteiger charge is 2.14. The molecule has 4 heteroatoms. The molecule has 1 unspecified atom stereocenters. The Balaban J connectivity index is 4.14. The summed E-state index contributed by atoms with van der Waals surface area (Å²) in [5.41, 5.74) is 0. The van der Waals surface area contributed by atoms with Gasteiger partial charge in [-0.05, 0) is 6.42 Å². The van der Waals surface area contributed by atoms with Crippen LogP contribution in [-0.2, 0) is 10.1 Å². The second kappa shape index (κ2) is 5.94. The summed E-state index contributed by atoms with van der Waals surface area (Å²) in [6, 6.07) is 0. The molecule has 76 valence electrons. The van der Waals surface area contributed by atoms with Crippen LogP contribution >= 0.6 is 0 Å². The zero-order chi connectivity index (χ0) is 10.3. The van der Waals surface area contributed by atoms with Crippen molar-refractivity contribution in [1.29, 1.82) is 0 Å². The molecule has 1 atom stereocenters. The van der Waals surface area contributed by atoms with E-state index in [1.807, 2.05) is 0 Å². The summed E-state index contributed by atoms with van der Waals surface area (Å²) in [5, 5.41) is -0.968. The van der Waals surface area contributed by atoms with Crippen LogP contribution in [0.4, 0.5) is 0 Å². The van der Waals surface area contributed by atoms with Gasteiger partial charge in [0, 0.05) is 0 Å². The van der Waals surface area contributed by atoms with Crippen LogP contribution in [0, 0.1) is 0 Å². The molecule has 0 fully saturated rings. The van der Waals surface area contributed by atoms with Crippen molar-refractivity contribution < 1.29 is 13.0 Å². The lowest BCUT2D eigenvalue weighted by atomic mass is 10.2. The Hall–Kier alpha value is -0.610. The van der Waals surface area contributed by atoms with Gasteiger partial charge in [0.05, 0.1) is 0 Å². The van der Waals surface area contributed by atoms with Gasteiger partial charge in [0.1, 0.15) is 5.25 Å². The second-order valence-corrected chi connectivity index (χ2v) is 4.36. The van der Waals surface area contributed by atoms with E-state index in [4.69, 9.17) is 4.55 Å². The van der Waals surface area contributed by atoms with E-state index in [0.717, 1.165) is 19.3 Å². The number of allylic oxidation sites excluding steroid dienone is 1. The largest absolute Gasteiger partial charge is 0.285 e. The topological polar surface area (TPSA) is 54.4 Å². The number of hydrogen-bond acceptors (Lipinski definition) is 2. The van der Waals surface area contributed by atoms with E-state index in [9.17, 15) is 8.42 Å². The van der Waals surface area contributed by atoms with Gasteiger partial charge in [0.15, 0.2) is 0 Å². The molecule has 0 aliphatic carbocycles. The molecular formula is C9H16O3S. The summed E-state index contributed by atoms with van der Waals surface area (Å²) in [5.74, 6) is 0. The SMILES string of the molecule is C=CC(C=CCCCC)S(=O)(=O)O. The number of rotatable bonds is 6. The minimum atomic E-state index is -4.01. The Morgan fingerprint density at radius 2 is 2.15 bits per heavy atom. The van der Waals surface area contributed by atoms with E-state index in [1.54, 1.807) is 6.08 Å². The first-order chi connectivity index (χ1) is 6.02. The van der Waals surface area contributed by atoms with Gasteiger partial charge in [-0.3, -0.25) is 4.55 Å². The normalized spacial score (nSPS) is 14.6. The van der Waals surface area contributed by atoms with Gasteiger partial charge in [-0.15, -0.1) is 6.58 Å². The smallest absolute Gasteiger partial charge is 0.275 e. The Kier molecular flexibility index (Phi) is 5.66. The predicted molar refractivity (Wildman–Crippen MR) is 54.2 cm³/mol. The molecule has 0 aliphatic heterocycles. The van der Waals surface area contributed by atoms with Crippen molar-refractivity contribution in [2.45, 2.75) is 31.4 Å². The van der Waals surface area contributed by atoms with Gasteiger partial charge >= 0.3 is 0 Å². The number of hydrogen-bond donors (Lipinski definition) is 1. The monoisotopic (exact) mass is 204 g/mol. The molecule has 0 saturated heterocycles. The minimum absolute atomic E-state index is 0.830. The van der Waals surface area contributed by atoms with Gasteiger partial charge < -0.3 is 0 Å². The molecule has 0 bridgehead atoms. The van der Waals surface area contributed by atoms with Gasteiger partial charge in [0.2, 0.25) is 0 Å². The molecule has 13 heavy (non-hydrogen) atoms. The third-order valence-corrected chi connectivity index (χ3v) is 2.66. The summed E-state index contributed by atoms with van der Waals surface area (Å²) in [6.45, 7) is 5.39. The highest BCUT2D eigenvalue weighted by molar-refractivity contribution is 7.86. The van der Waals surface area contributed by atoms with Crippen molar-refractivity contribution in [2.24, 2.45) is 0 Å². The van der Waals surface area contributed by atoms with E-state index in [2.05, 4.69) is 13.5 Å². The standard InChI is InChI=1S/C9H16O3S/c1-3-5-6-7-8-9(4-2)13(10,11)12/h4,7-9H,2-3,5-6H2,1H3,(H,10,11,12). The molecule has 0 saturated carbocycles. The molecule has 0 rings (SSSR count). The average molecular weight is 204 g/mol. The summed E-state index contributed by atoms with van der Waals surface area (Å²) < 4.78 is 30.0. The zero-order valence-corrected chi connectivity index (χ0v) is 8.63. The van der Waals surface area contributed by atoms with Crippen LogP contribution in [0.25, 0.3) is 0 Å². The molecular weight excluding hydrogens is 188 g/mol. The van der Waals surface area contributed by atoms with E-state index >= 15 is 0 Å². The highest BCUT2D eigenvalue weighted by Crippen LogP contribution is 2.04. The van der Waals surface area contributed by atoms with Gasteiger partial charge in [0.25, 0.3) is 10.1 Å². The lowest BCUT2D eigenvalue weighted by Crippen LogP contribution is -2.14. The molecule has 0 aromatic rings. The Morgan fingerprint density at radius 3 is 2.54 bits per heavy atom. The molecule has 0 aromatic carbocycles. The van der Waals surface area contributed by atoms with Crippen LogP contribution in [0.15, 0.2) is 24.8 Å². The Morgan fingerprint density at radius 1 is 1.54 bits per heavy atom. The van der Waals surface area contributed by atoms with Crippen LogP contribution in [-0.4, -0.2) is 18.2 Å². The first-order valence-corrected chi connectivity index (χ1v) is 5.78.